The van der Waals surface area contributed by atoms with Crippen molar-refractivity contribution < 1.29 is 38.1 Å². The van der Waals surface area contributed by atoms with E-state index in [4.69, 9.17) is 23.7 Å². The number of para-hydroxylation sites is 2. The van der Waals surface area contributed by atoms with Crippen molar-refractivity contribution >= 4 is 28.7 Å². The molecule has 3 aromatic carbocycles. The fourth-order valence-corrected chi connectivity index (χ4v) is 7.81. The molecule has 0 saturated carbocycles. The Morgan fingerprint density at radius 3 is 2.27 bits per heavy atom. The van der Waals surface area contributed by atoms with Crippen LogP contribution >= 0.6 is 0 Å². The maximum absolute atomic E-state index is 14.4. The molecule has 3 heterocycles. The molecule has 4 aromatic rings. The van der Waals surface area contributed by atoms with Crippen LogP contribution in [0, 0.1) is 5.92 Å². The number of carbonyl (C=O) groups is 3. The third-order valence-corrected chi connectivity index (χ3v) is 10.7. The number of benzene rings is 3. The van der Waals surface area contributed by atoms with Crippen molar-refractivity contribution in [3.63, 3.8) is 0 Å². The number of hydrogen-bond acceptors (Lipinski definition) is 10. The molecule has 12 heteroatoms. The number of rotatable bonds is 13. The number of amides is 1. The molecule has 1 atom stereocenters. The van der Waals surface area contributed by atoms with Gasteiger partial charge in [0.05, 0.1) is 45.0 Å². The highest BCUT2D eigenvalue weighted by Gasteiger charge is 2.43. The second-order valence-electron chi connectivity index (χ2n) is 13.6. The molecule has 0 bridgehead atoms. The number of carbonyl (C=O) groups excluding carboxylic acids is 3. The van der Waals surface area contributed by atoms with Crippen molar-refractivity contribution in [2.24, 2.45) is 5.92 Å². The zero-order valence-corrected chi connectivity index (χ0v) is 30.9. The molecule has 2 fully saturated rings. The molecule has 1 N–H and O–H groups in total. The molecule has 2 aliphatic rings. The second-order valence-corrected chi connectivity index (χ2v) is 13.6. The topological polar surface area (TPSA) is 133 Å². The van der Waals surface area contributed by atoms with Crippen molar-refractivity contribution in [3.8, 4) is 28.7 Å². The minimum Gasteiger partial charge on any atom is -0.496 e. The predicted octanol–water partition coefficient (Wildman–Crippen LogP) is 5.85. The summed E-state index contributed by atoms with van der Waals surface area (Å²) in [7, 11) is 6.26. The fourth-order valence-electron chi connectivity index (χ4n) is 7.81. The van der Waals surface area contributed by atoms with Crippen molar-refractivity contribution in [2.45, 2.75) is 51.4 Å². The van der Waals surface area contributed by atoms with Gasteiger partial charge in [-0.1, -0.05) is 25.1 Å². The van der Waals surface area contributed by atoms with Crippen LogP contribution in [0.3, 0.4) is 0 Å². The van der Waals surface area contributed by atoms with Gasteiger partial charge in [-0.2, -0.15) is 0 Å². The van der Waals surface area contributed by atoms with Crippen LogP contribution in [-0.2, 0) is 16.6 Å². The fraction of sp³-hybridized carbons (Fsp3) is 0.450. The van der Waals surface area contributed by atoms with Crippen LogP contribution < -0.4 is 23.7 Å². The molecule has 0 aliphatic carbocycles. The lowest BCUT2D eigenvalue weighted by atomic mass is 9.76. The summed E-state index contributed by atoms with van der Waals surface area (Å²) in [5.41, 5.74) is 3.22. The smallest absolute Gasteiger partial charge is 0.308 e. The van der Waals surface area contributed by atoms with Gasteiger partial charge in [0.25, 0.3) is 5.91 Å². The molecule has 2 saturated heterocycles. The van der Waals surface area contributed by atoms with Gasteiger partial charge in [0.15, 0.2) is 28.8 Å². The number of H-pyrrole nitrogens is 1. The number of hydrogen-bond donors (Lipinski definition) is 1. The maximum atomic E-state index is 14.4. The third kappa shape index (κ3) is 7.16. The number of piperidine rings is 1. The number of nitrogens with one attached hydrogen (secondary N) is 1. The number of ketones is 1. The zero-order valence-electron chi connectivity index (χ0n) is 30.9. The zero-order chi connectivity index (χ0) is 37.0. The van der Waals surface area contributed by atoms with Crippen molar-refractivity contribution in [1.82, 2.24) is 19.8 Å². The third-order valence-electron chi connectivity index (χ3n) is 10.7. The number of methoxy groups -OCH3 is 4. The minimum atomic E-state index is -0.552. The van der Waals surface area contributed by atoms with Crippen molar-refractivity contribution in [2.75, 3.05) is 61.2 Å². The lowest BCUT2D eigenvalue weighted by Crippen LogP contribution is -2.41. The number of fused-ring (bicyclic) bond motifs is 1. The van der Waals surface area contributed by atoms with E-state index in [1.807, 2.05) is 48.2 Å². The molecule has 2 aliphatic heterocycles. The molecule has 0 radical (unpaired) electrons. The van der Waals surface area contributed by atoms with E-state index in [0.717, 1.165) is 55.5 Å². The number of likely N-dealkylation sites (tertiary alicyclic amines) is 2. The monoisotopic (exact) mass is 712 g/mol. The van der Waals surface area contributed by atoms with Gasteiger partial charge in [0.1, 0.15) is 5.75 Å². The van der Waals surface area contributed by atoms with Gasteiger partial charge in [0.2, 0.25) is 5.78 Å². The van der Waals surface area contributed by atoms with Crippen LogP contribution in [0.15, 0.2) is 48.5 Å². The molecule has 0 spiro atoms. The van der Waals surface area contributed by atoms with E-state index in [9.17, 15) is 14.4 Å². The Morgan fingerprint density at radius 1 is 0.885 bits per heavy atom. The highest BCUT2D eigenvalue weighted by atomic mass is 16.6. The largest absolute Gasteiger partial charge is 0.496 e. The maximum Gasteiger partial charge on any atom is 0.308 e. The average Bonchev–Trinajstić information content (AvgIpc) is 3.82. The molecule has 1 unspecified atom stereocenters. The van der Waals surface area contributed by atoms with Crippen LogP contribution in [0.4, 0.5) is 0 Å². The summed E-state index contributed by atoms with van der Waals surface area (Å²) >= 11 is 0. The first-order chi connectivity index (χ1) is 25.1. The van der Waals surface area contributed by atoms with Gasteiger partial charge in [-0.05, 0) is 87.6 Å². The molecule has 12 nitrogen and oxygen atoms in total. The molecule has 52 heavy (non-hydrogen) atoms. The first kappa shape index (κ1) is 36.7. The summed E-state index contributed by atoms with van der Waals surface area (Å²) in [6, 6.07) is 15.3. The number of esters is 1. The predicted molar refractivity (Wildman–Crippen MR) is 196 cm³/mol. The quantitative estimate of drug-likeness (QED) is 0.102. The number of nitrogens with zero attached hydrogens (tertiary/aromatic N) is 3. The van der Waals surface area contributed by atoms with E-state index in [1.165, 1.54) is 14.0 Å². The van der Waals surface area contributed by atoms with Crippen LogP contribution in [0.5, 0.6) is 28.7 Å². The molecule has 1 aromatic heterocycles. The van der Waals surface area contributed by atoms with E-state index in [-0.39, 0.29) is 28.9 Å². The number of Topliss-reactive ketones (excluding diaryl/α,β-unsaturated/α-hetero) is 1. The second kappa shape index (κ2) is 15.6. The lowest BCUT2D eigenvalue weighted by Gasteiger charge is -2.36. The minimum absolute atomic E-state index is 0.0657. The lowest BCUT2D eigenvalue weighted by molar-refractivity contribution is -0.132. The summed E-state index contributed by atoms with van der Waals surface area (Å²) in [4.78, 5) is 52.1. The standard InChI is InChI=1S/C40H48N4O8/c1-7-28-33(49-4)23-29(37(36(28)51-6)52-25(2)45)39(47)44-21-17-40(24-44,27-12-13-32(48-3)34(22-27)50-5)16-20-43-18-14-26(15-19-43)35(46)38-41-30-10-8-9-11-31(30)42-38/h8-13,22-23,26H,7,14-21,24H2,1-6H3,(H,41,42). The number of aromatic nitrogens is 2. The Hall–Kier alpha value is -5.10. The molecule has 276 valence electrons. The summed E-state index contributed by atoms with van der Waals surface area (Å²) in [6.07, 6.45) is 3.53. The number of imidazole rings is 1. The van der Waals surface area contributed by atoms with Crippen LogP contribution in [0.2, 0.25) is 0 Å². The molecular weight excluding hydrogens is 664 g/mol. The van der Waals surface area contributed by atoms with E-state index >= 15 is 0 Å². The number of aromatic amines is 1. The van der Waals surface area contributed by atoms with Crippen LogP contribution in [0.25, 0.3) is 11.0 Å². The van der Waals surface area contributed by atoms with E-state index in [1.54, 1.807) is 27.4 Å². The van der Waals surface area contributed by atoms with Gasteiger partial charge in [-0.15, -0.1) is 0 Å². The summed E-state index contributed by atoms with van der Waals surface area (Å²) in [5.74, 6) is 1.73. The Labute approximate surface area is 304 Å². The molecular formula is C40H48N4O8. The van der Waals surface area contributed by atoms with E-state index in [0.29, 0.717) is 60.3 Å². The highest BCUT2D eigenvalue weighted by Crippen LogP contribution is 2.45. The van der Waals surface area contributed by atoms with E-state index < -0.39 is 11.4 Å². The van der Waals surface area contributed by atoms with Gasteiger partial charge in [-0.3, -0.25) is 14.4 Å². The SMILES string of the molecule is CCc1c(OC)cc(C(=O)N2CCC(CCN3CCC(C(=O)c4nc5ccccc5[nH]4)CC3)(c3ccc(OC)c(OC)c3)C2)c(OC(C)=O)c1OC. The van der Waals surface area contributed by atoms with Crippen molar-refractivity contribution in [3.05, 3.63) is 71.0 Å². The Kier molecular flexibility index (Phi) is 11.0. The molecule has 6 rings (SSSR count). The normalized spacial score (nSPS) is 18.0. The highest BCUT2D eigenvalue weighted by molar-refractivity contribution is 6.00. The van der Waals surface area contributed by atoms with Crippen molar-refractivity contribution in [1.29, 1.82) is 0 Å². The van der Waals surface area contributed by atoms with Gasteiger partial charge >= 0.3 is 5.97 Å². The van der Waals surface area contributed by atoms with Gasteiger partial charge in [0, 0.05) is 36.9 Å². The average molecular weight is 713 g/mol. The Bertz CT molecular complexity index is 1920. The van der Waals surface area contributed by atoms with Gasteiger partial charge in [-0.25, -0.2) is 4.98 Å². The summed E-state index contributed by atoms with van der Waals surface area (Å²) in [5, 5.41) is 0. The first-order valence-corrected chi connectivity index (χ1v) is 17.8. The van der Waals surface area contributed by atoms with Crippen LogP contribution in [-0.4, -0.2) is 98.6 Å². The van der Waals surface area contributed by atoms with E-state index in [2.05, 4.69) is 20.9 Å². The summed E-state index contributed by atoms with van der Waals surface area (Å²) < 4.78 is 28.3. The molecule has 1 amide bonds. The number of ether oxygens (including phenoxy) is 5. The summed E-state index contributed by atoms with van der Waals surface area (Å²) in [6.45, 7) is 6.53. The Morgan fingerprint density at radius 2 is 1.62 bits per heavy atom. The van der Waals surface area contributed by atoms with Gasteiger partial charge < -0.3 is 38.5 Å². The van der Waals surface area contributed by atoms with Crippen LogP contribution in [0.1, 0.15) is 71.6 Å². The Balaban J connectivity index is 1.23. The first-order valence-electron chi connectivity index (χ1n) is 17.8.